The molecular weight excluding hydrogens is 448 g/mol. The Kier molecular flexibility index (Phi) is 8.03. The Bertz CT molecular complexity index is 994. The highest BCUT2D eigenvalue weighted by Crippen LogP contribution is 2.34. The molecule has 2 aliphatic rings. The molecule has 8 heteroatoms. The van der Waals surface area contributed by atoms with E-state index in [1.165, 1.54) is 0 Å². The summed E-state index contributed by atoms with van der Waals surface area (Å²) in [4.78, 5) is 15.1. The molecule has 2 heterocycles. The summed E-state index contributed by atoms with van der Waals surface area (Å²) in [5, 5.41) is 14.3. The predicted molar refractivity (Wildman–Crippen MR) is 132 cm³/mol. The van der Waals surface area contributed by atoms with Crippen molar-refractivity contribution < 1.29 is 28.8 Å². The standard InChI is InChI=1S/C27H36N2O6/c1-27(2)11-12-29(18-27)17-22(26(31)19-4-9-23-24(16-19)35-15-14-34-23)28-25(30)10-13-33-21-7-5-20(32-3)6-8-21/h4-9,16,22,26,31H,10-15,17-18H2,1-3H3,(H,28,30)/t22-,26-/m1/s1. The number of benzene rings is 2. The van der Waals surface area contributed by atoms with E-state index in [-0.39, 0.29) is 24.3 Å². The molecule has 2 N–H and O–H groups in total. The van der Waals surface area contributed by atoms with Crippen molar-refractivity contribution in [2.24, 2.45) is 5.41 Å². The average molecular weight is 485 g/mol. The fraction of sp³-hybridized carbons (Fsp3) is 0.519. The molecular formula is C27H36N2O6. The number of likely N-dealkylation sites (tertiary alicyclic amines) is 1. The van der Waals surface area contributed by atoms with Gasteiger partial charge in [0.2, 0.25) is 5.91 Å². The average Bonchev–Trinajstić information content (AvgIpc) is 3.21. The van der Waals surface area contributed by atoms with Crippen LogP contribution in [0.2, 0.25) is 0 Å². The summed E-state index contributed by atoms with van der Waals surface area (Å²) in [6.45, 7) is 8.14. The second-order valence-corrected chi connectivity index (χ2v) is 9.95. The number of aliphatic hydroxyl groups is 1. The van der Waals surface area contributed by atoms with Crippen molar-refractivity contribution in [3.63, 3.8) is 0 Å². The van der Waals surface area contributed by atoms with E-state index in [0.29, 0.717) is 42.6 Å². The Morgan fingerprint density at radius 3 is 2.51 bits per heavy atom. The number of nitrogens with zero attached hydrogens (tertiary/aromatic N) is 1. The molecule has 1 amide bonds. The Morgan fingerprint density at radius 1 is 1.11 bits per heavy atom. The summed E-state index contributed by atoms with van der Waals surface area (Å²) < 4.78 is 22.1. The van der Waals surface area contributed by atoms with Gasteiger partial charge in [0.05, 0.1) is 26.2 Å². The number of amides is 1. The van der Waals surface area contributed by atoms with E-state index >= 15 is 0 Å². The third-order valence-electron chi connectivity index (χ3n) is 6.50. The lowest BCUT2D eigenvalue weighted by atomic mass is 9.93. The lowest BCUT2D eigenvalue weighted by molar-refractivity contribution is -0.123. The van der Waals surface area contributed by atoms with Crippen LogP contribution in [-0.4, -0.2) is 68.5 Å². The maximum Gasteiger partial charge on any atom is 0.223 e. The summed E-state index contributed by atoms with van der Waals surface area (Å²) >= 11 is 0. The number of hydrogen-bond acceptors (Lipinski definition) is 7. The van der Waals surface area contributed by atoms with Crippen LogP contribution >= 0.6 is 0 Å². The molecule has 2 aliphatic heterocycles. The largest absolute Gasteiger partial charge is 0.497 e. The van der Waals surface area contributed by atoms with Crippen molar-refractivity contribution in [2.75, 3.05) is 46.6 Å². The minimum absolute atomic E-state index is 0.168. The number of carbonyl (C=O) groups is 1. The molecule has 0 aliphatic carbocycles. The van der Waals surface area contributed by atoms with Gasteiger partial charge in [0.1, 0.15) is 30.8 Å². The van der Waals surface area contributed by atoms with E-state index in [1.807, 2.05) is 24.3 Å². The van der Waals surface area contributed by atoms with Gasteiger partial charge < -0.3 is 34.3 Å². The lowest BCUT2D eigenvalue weighted by Gasteiger charge is -2.30. The normalized spacial score (nSPS) is 18.5. The van der Waals surface area contributed by atoms with Gasteiger partial charge >= 0.3 is 0 Å². The fourth-order valence-corrected chi connectivity index (χ4v) is 4.57. The maximum absolute atomic E-state index is 12.8. The summed E-state index contributed by atoms with van der Waals surface area (Å²) in [5.74, 6) is 2.54. The van der Waals surface area contributed by atoms with Crippen LogP contribution in [0.1, 0.15) is 38.4 Å². The second kappa shape index (κ2) is 11.2. The van der Waals surface area contributed by atoms with E-state index < -0.39 is 12.1 Å². The summed E-state index contributed by atoms with van der Waals surface area (Å²) in [6, 6.07) is 12.2. The number of aliphatic hydroxyl groups excluding tert-OH is 1. The quantitative estimate of drug-likeness (QED) is 0.535. The van der Waals surface area contributed by atoms with E-state index in [1.54, 1.807) is 25.3 Å². The Labute approximate surface area is 207 Å². The maximum atomic E-state index is 12.8. The molecule has 0 radical (unpaired) electrons. The van der Waals surface area contributed by atoms with Crippen molar-refractivity contribution in [2.45, 2.75) is 38.8 Å². The minimum atomic E-state index is -0.888. The third-order valence-corrected chi connectivity index (χ3v) is 6.50. The monoisotopic (exact) mass is 484 g/mol. The number of hydrogen-bond donors (Lipinski definition) is 2. The molecule has 0 aromatic heterocycles. The van der Waals surface area contributed by atoms with Crippen molar-refractivity contribution in [3.8, 4) is 23.0 Å². The smallest absolute Gasteiger partial charge is 0.223 e. The van der Waals surface area contributed by atoms with Crippen molar-refractivity contribution in [3.05, 3.63) is 48.0 Å². The third kappa shape index (κ3) is 6.80. The second-order valence-electron chi connectivity index (χ2n) is 9.95. The van der Waals surface area contributed by atoms with E-state index in [2.05, 4.69) is 24.1 Å². The van der Waals surface area contributed by atoms with Crippen molar-refractivity contribution in [1.82, 2.24) is 10.2 Å². The molecule has 0 spiro atoms. The van der Waals surface area contributed by atoms with E-state index in [0.717, 1.165) is 25.3 Å². The topological polar surface area (TPSA) is 89.5 Å². The van der Waals surface area contributed by atoms with E-state index in [9.17, 15) is 9.90 Å². The Hall–Kier alpha value is -2.97. The lowest BCUT2D eigenvalue weighted by Crippen LogP contribution is -2.47. The first-order chi connectivity index (χ1) is 16.8. The molecule has 0 unspecified atom stereocenters. The van der Waals surface area contributed by atoms with Gasteiger partial charge in [0.15, 0.2) is 11.5 Å². The first kappa shape index (κ1) is 25.1. The van der Waals surface area contributed by atoms with Crippen molar-refractivity contribution in [1.29, 1.82) is 0 Å². The van der Waals surface area contributed by atoms with Crippen LogP contribution in [0.15, 0.2) is 42.5 Å². The molecule has 1 saturated heterocycles. The molecule has 0 bridgehead atoms. The van der Waals surface area contributed by atoms with Gasteiger partial charge in [0, 0.05) is 13.1 Å². The summed E-state index contributed by atoms with van der Waals surface area (Å²) in [5.41, 5.74) is 0.912. The summed E-state index contributed by atoms with van der Waals surface area (Å²) in [6.07, 6.45) is 0.381. The zero-order valence-electron chi connectivity index (χ0n) is 20.8. The van der Waals surface area contributed by atoms with Gasteiger partial charge in [-0.3, -0.25) is 4.79 Å². The zero-order chi connectivity index (χ0) is 24.8. The molecule has 2 aromatic rings. The van der Waals surface area contributed by atoms with Crippen LogP contribution in [0.25, 0.3) is 0 Å². The first-order valence-electron chi connectivity index (χ1n) is 12.2. The molecule has 8 nitrogen and oxygen atoms in total. The predicted octanol–water partition coefficient (Wildman–Crippen LogP) is 3.19. The number of fused-ring (bicyclic) bond motifs is 1. The van der Waals surface area contributed by atoms with Crippen LogP contribution in [0.5, 0.6) is 23.0 Å². The number of nitrogens with one attached hydrogen (secondary N) is 1. The highest BCUT2D eigenvalue weighted by molar-refractivity contribution is 5.76. The minimum Gasteiger partial charge on any atom is -0.497 e. The molecule has 35 heavy (non-hydrogen) atoms. The van der Waals surface area contributed by atoms with Gasteiger partial charge in [-0.25, -0.2) is 0 Å². The van der Waals surface area contributed by atoms with Gasteiger partial charge in [-0.15, -0.1) is 0 Å². The molecule has 2 atom stereocenters. The number of ether oxygens (including phenoxy) is 4. The van der Waals surface area contributed by atoms with Gasteiger partial charge in [-0.05, 0) is 60.3 Å². The Morgan fingerprint density at radius 2 is 1.83 bits per heavy atom. The molecule has 1 fully saturated rings. The van der Waals surface area contributed by atoms with Gasteiger partial charge in [-0.1, -0.05) is 19.9 Å². The number of rotatable bonds is 10. The molecule has 190 valence electrons. The van der Waals surface area contributed by atoms with Crippen LogP contribution in [0.3, 0.4) is 0 Å². The fourth-order valence-electron chi connectivity index (χ4n) is 4.57. The van der Waals surface area contributed by atoms with Crippen LogP contribution in [0, 0.1) is 5.41 Å². The summed E-state index contributed by atoms with van der Waals surface area (Å²) in [7, 11) is 1.61. The SMILES string of the molecule is COc1ccc(OCCC(=O)N[C@H](CN2CCC(C)(C)C2)[C@H](O)c2ccc3c(c2)OCCO3)cc1. The number of methoxy groups -OCH3 is 1. The van der Waals surface area contributed by atoms with Crippen LogP contribution in [-0.2, 0) is 4.79 Å². The molecule has 4 rings (SSSR count). The molecule has 2 aromatic carbocycles. The number of carbonyl (C=O) groups excluding carboxylic acids is 1. The van der Waals surface area contributed by atoms with Gasteiger partial charge in [-0.2, -0.15) is 0 Å². The first-order valence-corrected chi connectivity index (χ1v) is 12.2. The van der Waals surface area contributed by atoms with Crippen molar-refractivity contribution >= 4 is 5.91 Å². The Balaban J connectivity index is 1.39. The van der Waals surface area contributed by atoms with Gasteiger partial charge in [0.25, 0.3) is 0 Å². The highest BCUT2D eigenvalue weighted by Gasteiger charge is 2.33. The van der Waals surface area contributed by atoms with Crippen LogP contribution in [0.4, 0.5) is 0 Å². The highest BCUT2D eigenvalue weighted by atomic mass is 16.6. The molecule has 0 saturated carbocycles. The zero-order valence-corrected chi connectivity index (χ0v) is 20.8. The van der Waals surface area contributed by atoms with E-state index in [4.69, 9.17) is 18.9 Å². The van der Waals surface area contributed by atoms with Crippen LogP contribution < -0.4 is 24.3 Å².